The average molecular weight is 1060 g/mol. The summed E-state index contributed by atoms with van der Waals surface area (Å²) in [6.07, 6.45) is 0.497. The summed E-state index contributed by atoms with van der Waals surface area (Å²) < 4.78 is 141. The van der Waals surface area contributed by atoms with Crippen molar-refractivity contribution >= 4 is 139 Å². The summed E-state index contributed by atoms with van der Waals surface area (Å²) in [5, 5.41) is 39.3. The fraction of sp³-hybridized carbons (Fsp3) is 0.125. The Kier molecular flexibility index (Phi) is 14.8. The third-order valence-electron chi connectivity index (χ3n) is 8.41. The number of azo groups is 1. The molecule has 0 saturated carbocycles. The summed E-state index contributed by atoms with van der Waals surface area (Å²) in [4.78, 5) is 33.2. The Labute approximate surface area is 391 Å². The van der Waals surface area contributed by atoms with Crippen LogP contribution in [0.25, 0.3) is 6.08 Å². The maximum Gasteiger partial charge on any atom is 0.296 e. The Morgan fingerprint density at radius 1 is 0.618 bits per heavy atom. The number of anilines is 8. The van der Waals surface area contributed by atoms with Gasteiger partial charge in [0.1, 0.15) is 31.0 Å². The van der Waals surface area contributed by atoms with E-state index in [1.807, 2.05) is 0 Å². The molecule has 0 bridgehead atoms. The smallest absolute Gasteiger partial charge is 0.296 e. The van der Waals surface area contributed by atoms with E-state index in [2.05, 4.69) is 71.9 Å². The zero-order chi connectivity index (χ0) is 49.9. The number of nitrogens with one attached hydrogen (secondary N) is 5. The highest BCUT2D eigenvalue weighted by Gasteiger charge is 2.37. The molecule has 2 aromatic heterocycles. The minimum atomic E-state index is -5.51. The van der Waals surface area contributed by atoms with Gasteiger partial charge in [-0.15, -0.1) is 10.2 Å². The largest absolute Gasteiger partial charge is 0.396 e. The molecule has 0 amide bonds. The van der Waals surface area contributed by atoms with E-state index in [0.29, 0.717) is 12.1 Å². The third-order valence-corrected chi connectivity index (χ3v) is 12.3. The number of carbonyl (C=O) groups excluding carboxylic acids is 1. The molecule has 0 saturated heterocycles. The van der Waals surface area contributed by atoms with Gasteiger partial charge in [-0.1, -0.05) is 0 Å². The lowest BCUT2D eigenvalue weighted by Gasteiger charge is -2.20. The molecule has 68 heavy (non-hydrogen) atoms. The first-order valence-corrected chi connectivity index (χ1v) is 24.5. The number of allylic oxidation sites excluding steroid dienone is 1. The molecule has 0 fully saturated rings. The number of rotatable bonds is 18. The summed E-state index contributed by atoms with van der Waals surface area (Å²) >= 11 is 11.9. The SMILES string of the molecule is Nc1c(N=Nc2cc(Nc3nc(Cl)nc(NCCO)n3)ccc2S(=O)(=O)O)c(S(=O)(=O)O)cc2c1C(=O)C(=NNc1cc(Nc3nc(Cl)nc(NCCO)n3)ccc1S(=O)(=O)O)C(S(=O)(=O)O)=C2. The predicted molar refractivity (Wildman–Crippen MR) is 240 cm³/mol. The number of hydrogen-bond donors (Lipinski definition) is 12. The number of nitrogens with two attached hydrogens (primary N) is 1. The number of ketones is 1. The second-order valence-corrected chi connectivity index (χ2v) is 19.3. The van der Waals surface area contributed by atoms with E-state index in [-0.39, 0.29) is 72.0 Å². The molecule has 0 spiro atoms. The van der Waals surface area contributed by atoms with Crippen molar-refractivity contribution in [2.24, 2.45) is 15.3 Å². The molecular weight excluding hydrogens is 1030 g/mol. The molecule has 3 aromatic carbocycles. The summed E-state index contributed by atoms with van der Waals surface area (Å²) in [5.74, 6) is -2.20. The lowest BCUT2D eigenvalue weighted by Crippen LogP contribution is -2.28. The number of nitrogen functional groups attached to an aromatic ring is 1. The molecular formula is C32H29Cl2N15O15S4. The van der Waals surface area contributed by atoms with Gasteiger partial charge in [-0.3, -0.25) is 28.4 Å². The van der Waals surface area contributed by atoms with E-state index < -0.39 is 105 Å². The Bertz CT molecular complexity index is 3440. The first-order valence-electron chi connectivity index (χ1n) is 18.0. The fourth-order valence-corrected chi connectivity index (χ4v) is 8.57. The quantitative estimate of drug-likeness (QED) is 0.0259. The highest BCUT2D eigenvalue weighted by atomic mass is 35.5. The molecule has 0 unspecified atom stereocenters. The maximum absolute atomic E-state index is 14.2. The van der Waals surface area contributed by atoms with Gasteiger partial charge in [-0.05, 0) is 77.3 Å². The Morgan fingerprint density at radius 2 is 1.12 bits per heavy atom. The van der Waals surface area contributed by atoms with E-state index in [1.54, 1.807) is 0 Å². The number of Topliss-reactive ketones (excluding diaryl/α,β-unsaturated/α-hetero) is 1. The van der Waals surface area contributed by atoms with Crippen molar-refractivity contribution in [3.63, 3.8) is 0 Å². The summed E-state index contributed by atoms with van der Waals surface area (Å²) in [5.41, 5.74) is 2.04. The topological polar surface area (TPSA) is 476 Å². The standard InChI is InChI=1S/C32H29Cl2N15O15S4/c33-27-40-29(36-5-7-50)44-31(42-27)38-14-1-3-18(65(53,54)55)16(11-14)46-48-24-20(67(59,60)61)9-13-10-21(68(62,63)64)25(26(52)22(13)23(24)35)49-47-17-12-15(2-4-19(17)66(56,57)58)39-32-43-28(34)41-30(45-32)37-6-8-51/h1-4,9-12,47,50-51H,5-8,35H2,(H,53,54,55)(H,56,57,58)(H,59,60,61)(H,62,63,64)(H2,36,38,40,42,44)(H2,37,39,41,43,45). The van der Waals surface area contributed by atoms with Gasteiger partial charge < -0.3 is 37.2 Å². The predicted octanol–water partition coefficient (Wildman–Crippen LogP) is 2.29. The van der Waals surface area contributed by atoms with Crippen LogP contribution in [0.5, 0.6) is 0 Å². The van der Waals surface area contributed by atoms with Gasteiger partial charge in [0.25, 0.3) is 40.5 Å². The number of aromatic nitrogens is 6. The zero-order valence-corrected chi connectivity index (χ0v) is 38.1. The molecule has 6 rings (SSSR count). The van der Waals surface area contributed by atoms with Crippen molar-refractivity contribution in [1.82, 2.24) is 29.9 Å². The van der Waals surface area contributed by atoms with Crippen molar-refractivity contribution in [2.75, 3.05) is 58.7 Å². The molecule has 0 atom stereocenters. The first kappa shape index (κ1) is 50.7. The van der Waals surface area contributed by atoms with Crippen LogP contribution in [-0.2, 0) is 40.5 Å². The number of aliphatic hydroxyl groups excluding tert-OH is 2. The summed E-state index contributed by atoms with van der Waals surface area (Å²) in [6.45, 7) is -0.591. The van der Waals surface area contributed by atoms with E-state index in [9.17, 15) is 56.7 Å². The number of benzene rings is 3. The van der Waals surface area contributed by atoms with Gasteiger partial charge in [0.2, 0.25) is 40.1 Å². The van der Waals surface area contributed by atoms with Crippen LogP contribution in [0.15, 0.2) is 77.4 Å². The van der Waals surface area contributed by atoms with Crippen molar-refractivity contribution in [2.45, 2.75) is 14.7 Å². The molecule has 1 aliphatic rings. The van der Waals surface area contributed by atoms with Crippen molar-refractivity contribution in [3.8, 4) is 0 Å². The lowest BCUT2D eigenvalue weighted by atomic mass is 9.92. The van der Waals surface area contributed by atoms with Crippen molar-refractivity contribution < 1.29 is 66.9 Å². The van der Waals surface area contributed by atoms with Gasteiger partial charge in [0, 0.05) is 24.5 Å². The Hall–Kier alpha value is -6.70. The second kappa shape index (κ2) is 19.9. The van der Waals surface area contributed by atoms with Gasteiger partial charge in [-0.2, -0.15) is 68.7 Å². The molecule has 0 aliphatic heterocycles. The summed E-state index contributed by atoms with van der Waals surface area (Å²) in [7, 11) is -21.2. The third kappa shape index (κ3) is 12.1. The van der Waals surface area contributed by atoms with E-state index in [1.165, 1.54) is 0 Å². The number of fused-ring (bicyclic) bond motifs is 1. The molecule has 30 nitrogen and oxygen atoms in total. The van der Waals surface area contributed by atoms with Crippen molar-refractivity contribution in [3.05, 3.63) is 69.1 Å². The monoisotopic (exact) mass is 1060 g/mol. The minimum Gasteiger partial charge on any atom is -0.396 e. The van der Waals surface area contributed by atoms with Crippen LogP contribution in [0.2, 0.25) is 10.6 Å². The minimum absolute atomic E-state index is 0.0122. The van der Waals surface area contributed by atoms with Gasteiger partial charge in [0.05, 0.1) is 30.2 Å². The van der Waals surface area contributed by atoms with Crippen LogP contribution in [0.3, 0.4) is 0 Å². The van der Waals surface area contributed by atoms with Crippen LogP contribution in [0.4, 0.5) is 57.9 Å². The first-order chi connectivity index (χ1) is 31.8. The molecule has 0 radical (unpaired) electrons. The Balaban J connectivity index is 1.45. The van der Waals surface area contributed by atoms with Crippen LogP contribution >= 0.6 is 23.2 Å². The number of hydrazone groups is 1. The zero-order valence-electron chi connectivity index (χ0n) is 33.3. The molecule has 5 aromatic rings. The van der Waals surface area contributed by atoms with E-state index in [4.69, 9.17) is 39.1 Å². The van der Waals surface area contributed by atoms with Gasteiger partial charge >= 0.3 is 0 Å². The van der Waals surface area contributed by atoms with Crippen molar-refractivity contribution in [1.29, 1.82) is 0 Å². The molecule has 360 valence electrons. The van der Waals surface area contributed by atoms with Crippen LogP contribution < -0.4 is 32.4 Å². The van der Waals surface area contributed by atoms with Gasteiger partial charge in [0.15, 0.2) is 5.71 Å². The molecule has 36 heteroatoms. The lowest BCUT2D eigenvalue weighted by molar-refractivity contribution is 0.106. The van der Waals surface area contributed by atoms with E-state index in [0.717, 1.165) is 36.4 Å². The number of carbonyl (C=O) groups is 1. The van der Waals surface area contributed by atoms with E-state index >= 15 is 0 Å². The van der Waals surface area contributed by atoms with Crippen LogP contribution in [0, 0.1) is 0 Å². The normalized spacial score (nSPS) is 13.9. The highest BCUT2D eigenvalue weighted by molar-refractivity contribution is 7.91. The maximum atomic E-state index is 14.2. The fourth-order valence-electron chi connectivity index (χ4n) is 5.69. The summed E-state index contributed by atoms with van der Waals surface area (Å²) in [6, 6.07) is 6.20. The second-order valence-electron chi connectivity index (χ2n) is 13.1. The Morgan fingerprint density at radius 3 is 1.62 bits per heavy atom. The van der Waals surface area contributed by atoms with Crippen LogP contribution in [-0.4, -0.2) is 130 Å². The number of nitrogens with zero attached hydrogens (tertiary/aromatic N) is 9. The van der Waals surface area contributed by atoms with Gasteiger partial charge in [-0.25, -0.2) is 0 Å². The molecule has 1 aliphatic carbocycles. The van der Waals surface area contributed by atoms with Crippen LogP contribution in [0.1, 0.15) is 15.9 Å². The molecule has 13 N–H and O–H groups in total. The number of aliphatic hydroxyl groups is 2. The molecule has 2 heterocycles. The average Bonchev–Trinajstić information content (AvgIpc) is 3.22. The highest BCUT2D eigenvalue weighted by Crippen LogP contribution is 2.42. The number of hydrogen-bond acceptors (Lipinski definition) is 26. The number of halogens is 2.